The fraction of sp³-hybridized carbons (Fsp3) is 0.292. The Kier molecular flexibility index (Phi) is 5.75. The van der Waals surface area contributed by atoms with E-state index in [1.165, 1.54) is 0 Å². The van der Waals surface area contributed by atoms with Gasteiger partial charge in [-0.2, -0.15) is 0 Å². The molecule has 1 aromatic carbocycles. The summed E-state index contributed by atoms with van der Waals surface area (Å²) in [4.78, 5) is 17.5. The molecule has 0 spiro atoms. The maximum Gasteiger partial charge on any atom is 0.240 e. The highest BCUT2D eigenvalue weighted by atomic mass is 16.5. The van der Waals surface area contributed by atoms with Gasteiger partial charge in [0.15, 0.2) is 0 Å². The van der Waals surface area contributed by atoms with E-state index in [1.807, 2.05) is 74.0 Å². The molecule has 4 aromatic rings. The van der Waals surface area contributed by atoms with E-state index in [9.17, 15) is 4.79 Å². The van der Waals surface area contributed by atoms with Gasteiger partial charge in [0.2, 0.25) is 5.91 Å². The van der Waals surface area contributed by atoms with E-state index in [1.54, 1.807) is 7.11 Å². The van der Waals surface area contributed by atoms with Gasteiger partial charge in [0.05, 0.1) is 24.1 Å². The SMILES string of the molecule is COc1ccccc1C[C@@H](C)NC(=O)Cn1ccc2ccc(-c3c(C)noc3C)nc21. The van der Waals surface area contributed by atoms with Crippen molar-refractivity contribution in [1.82, 2.24) is 20.0 Å². The zero-order valence-electron chi connectivity index (χ0n) is 18.2. The number of nitrogens with zero attached hydrogens (tertiary/aromatic N) is 3. The highest BCUT2D eigenvalue weighted by molar-refractivity contribution is 5.83. The first-order valence-corrected chi connectivity index (χ1v) is 10.3. The third kappa shape index (κ3) is 4.30. The van der Waals surface area contributed by atoms with Gasteiger partial charge < -0.3 is 19.1 Å². The first-order valence-electron chi connectivity index (χ1n) is 10.3. The number of ether oxygens (including phenoxy) is 1. The van der Waals surface area contributed by atoms with Gasteiger partial charge >= 0.3 is 0 Å². The van der Waals surface area contributed by atoms with Crippen LogP contribution in [0, 0.1) is 13.8 Å². The Morgan fingerprint density at radius 1 is 1.19 bits per heavy atom. The van der Waals surface area contributed by atoms with Crippen LogP contribution in [0.3, 0.4) is 0 Å². The third-order valence-corrected chi connectivity index (χ3v) is 5.34. The Balaban J connectivity index is 1.49. The predicted molar refractivity (Wildman–Crippen MR) is 119 cm³/mol. The molecule has 0 bridgehead atoms. The van der Waals surface area contributed by atoms with Crippen LogP contribution < -0.4 is 10.1 Å². The minimum Gasteiger partial charge on any atom is -0.496 e. The summed E-state index contributed by atoms with van der Waals surface area (Å²) in [6.45, 7) is 5.95. The molecule has 3 aromatic heterocycles. The first-order chi connectivity index (χ1) is 15.0. The van der Waals surface area contributed by atoms with E-state index in [4.69, 9.17) is 14.2 Å². The number of benzene rings is 1. The fourth-order valence-corrected chi connectivity index (χ4v) is 3.90. The van der Waals surface area contributed by atoms with Crippen LogP contribution in [0.25, 0.3) is 22.3 Å². The zero-order valence-corrected chi connectivity index (χ0v) is 18.2. The first kappa shape index (κ1) is 20.7. The topological polar surface area (TPSA) is 82.2 Å². The lowest BCUT2D eigenvalue weighted by Gasteiger charge is -2.16. The number of pyridine rings is 1. The molecule has 160 valence electrons. The largest absolute Gasteiger partial charge is 0.496 e. The van der Waals surface area contributed by atoms with E-state index in [2.05, 4.69) is 10.5 Å². The summed E-state index contributed by atoms with van der Waals surface area (Å²) < 4.78 is 12.5. The Morgan fingerprint density at radius 2 is 2.00 bits per heavy atom. The second-order valence-corrected chi connectivity index (χ2v) is 7.74. The molecule has 1 atom stereocenters. The van der Waals surface area contributed by atoms with Gasteiger partial charge in [0.1, 0.15) is 23.7 Å². The molecule has 4 rings (SSSR count). The number of para-hydroxylation sites is 1. The van der Waals surface area contributed by atoms with Crippen LogP contribution in [0.4, 0.5) is 0 Å². The van der Waals surface area contributed by atoms with Crippen molar-refractivity contribution in [1.29, 1.82) is 0 Å². The third-order valence-electron chi connectivity index (χ3n) is 5.34. The standard InChI is InChI=1S/C24H26N4O3/c1-15(13-19-7-5-6-8-21(19)30-4)25-22(29)14-28-12-11-18-9-10-20(26-24(18)28)23-16(2)27-31-17(23)3/h5-12,15H,13-14H2,1-4H3,(H,25,29)/t15-/m1/s1. The monoisotopic (exact) mass is 418 g/mol. The molecular weight excluding hydrogens is 392 g/mol. The van der Waals surface area contributed by atoms with E-state index in [0.717, 1.165) is 45.1 Å². The average molecular weight is 418 g/mol. The lowest BCUT2D eigenvalue weighted by atomic mass is 10.1. The number of aryl methyl sites for hydroxylation is 2. The molecule has 0 aliphatic carbocycles. The highest BCUT2D eigenvalue weighted by Gasteiger charge is 2.16. The Hall–Kier alpha value is -3.61. The van der Waals surface area contributed by atoms with Gasteiger partial charge in [-0.1, -0.05) is 23.4 Å². The molecule has 0 radical (unpaired) electrons. The van der Waals surface area contributed by atoms with Crippen LogP contribution in [0.15, 0.2) is 53.2 Å². The number of hydrogen-bond donors (Lipinski definition) is 1. The normalized spacial score (nSPS) is 12.1. The lowest BCUT2D eigenvalue weighted by molar-refractivity contribution is -0.122. The molecule has 1 N–H and O–H groups in total. The number of hydrogen-bond acceptors (Lipinski definition) is 5. The minimum absolute atomic E-state index is 0.0311. The van der Waals surface area contributed by atoms with Gasteiger partial charge in [0.25, 0.3) is 0 Å². The maximum atomic E-state index is 12.7. The molecule has 0 fully saturated rings. The van der Waals surface area contributed by atoms with Crippen LogP contribution in [0.1, 0.15) is 23.9 Å². The summed E-state index contributed by atoms with van der Waals surface area (Å²) in [6, 6.07) is 13.7. The lowest BCUT2D eigenvalue weighted by Crippen LogP contribution is -2.36. The van der Waals surface area contributed by atoms with Crippen molar-refractivity contribution in [3.63, 3.8) is 0 Å². The van der Waals surface area contributed by atoms with Crippen LogP contribution in [0.2, 0.25) is 0 Å². The molecule has 3 heterocycles. The predicted octanol–water partition coefficient (Wildman–Crippen LogP) is 4.06. The number of rotatable bonds is 7. The number of amides is 1. The van der Waals surface area contributed by atoms with Crippen LogP contribution in [0.5, 0.6) is 5.75 Å². The Bertz CT molecular complexity index is 1210. The van der Waals surface area contributed by atoms with Crippen LogP contribution in [-0.4, -0.2) is 33.8 Å². The second kappa shape index (κ2) is 8.63. The number of methoxy groups -OCH3 is 1. The van der Waals surface area contributed by atoms with Crippen molar-refractivity contribution in [2.24, 2.45) is 0 Å². The van der Waals surface area contributed by atoms with Crippen molar-refractivity contribution >= 4 is 16.9 Å². The molecule has 7 nitrogen and oxygen atoms in total. The highest BCUT2D eigenvalue weighted by Crippen LogP contribution is 2.27. The summed E-state index contributed by atoms with van der Waals surface area (Å²) in [5.41, 5.74) is 4.29. The summed E-state index contributed by atoms with van der Waals surface area (Å²) in [5, 5.41) is 8.07. The number of carbonyl (C=O) groups excluding carboxylic acids is 1. The summed E-state index contributed by atoms with van der Waals surface area (Å²) in [5.74, 6) is 1.49. The summed E-state index contributed by atoms with van der Waals surface area (Å²) >= 11 is 0. The summed E-state index contributed by atoms with van der Waals surface area (Å²) in [7, 11) is 1.66. The van der Waals surface area contributed by atoms with E-state index >= 15 is 0 Å². The number of fused-ring (bicyclic) bond motifs is 1. The molecule has 31 heavy (non-hydrogen) atoms. The molecule has 0 saturated carbocycles. The van der Waals surface area contributed by atoms with Gasteiger partial charge in [0, 0.05) is 17.6 Å². The smallest absolute Gasteiger partial charge is 0.240 e. The fourth-order valence-electron chi connectivity index (χ4n) is 3.90. The molecule has 7 heteroatoms. The molecule has 0 saturated heterocycles. The Labute approximate surface area is 181 Å². The quantitative estimate of drug-likeness (QED) is 0.489. The van der Waals surface area contributed by atoms with Gasteiger partial charge in [-0.3, -0.25) is 4.79 Å². The van der Waals surface area contributed by atoms with Crippen molar-refractivity contribution in [3.8, 4) is 17.0 Å². The van der Waals surface area contributed by atoms with Gasteiger partial charge in [-0.15, -0.1) is 0 Å². The average Bonchev–Trinajstić information content (AvgIpc) is 3.30. The minimum atomic E-state index is -0.0653. The van der Waals surface area contributed by atoms with Crippen molar-refractivity contribution in [3.05, 3.63) is 65.7 Å². The van der Waals surface area contributed by atoms with Crippen molar-refractivity contribution in [2.45, 2.75) is 39.8 Å². The second-order valence-electron chi connectivity index (χ2n) is 7.74. The van der Waals surface area contributed by atoms with Gasteiger partial charge in [-0.05, 0) is 57.0 Å². The molecule has 0 aliphatic rings. The molecular formula is C24H26N4O3. The molecule has 0 aliphatic heterocycles. The van der Waals surface area contributed by atoms with Crippen LogP contribution in [-0.2, 0) is 17.8 Å². The van der Waals surface area contributed by atoms with E-state index < -0.39 is 0 Å². The maximum absolute atomic E-state index is 12.7. The van der Waals surface area contributed by atoms with Crippen LogP contribution >= 0.6 is 0 Å². The number of nitrogens with one attached hydrogen (secondary N) is 1. The summed E-state index contributed by atoms with van der Waals surface area (Å²) in [6.07, 6.45) is 2.58. The number of aromatic nitrogens is 3. The van der Waals surface area contributed by atoms with Gasteiger partial charge in [-0.25, -0.2) is 4.98 Å². The number of carbonyl (C=O) groups is 1. The molecule has 0 unspecified atom stereocenters. The Morgan fingerprint density at radius 3 is 2.74 bits per heavy atom. The van der Waals surface area contributed by atoms with E-state index in [-0.39, 0.29) is 18.5 Å². The van der Waals surface area contributed by atoms with Crippen molar-refractivity contribution in [2.75, 3.05) is 7.11 Å². The zero-order chi connectivity index (χ0) is 22.0. The molecule has 1 amide bonds. The van der Waals surface area contributed by atoms with E-state index in [0.29, 0.717) is 6.42 Å². The van der Waals surface area contributed by atoms with Crippen molar-refractivity contribution < 1.29 is 14.1 Å².